The minimum Gasteiger partial charge on any atom is -0.493 e. The van der Waals surface area contributed by atoms with Crippen LogP contribution in [0.25, 0.3) is 6.08 Å². The number of halogens is 1. The molecule has 1 aromatic rings. The molecule has 5 nitrogen and oxygen atoms in total. The van der Waals surface area contributed by atoms with Crippen molar-refractivity contribution in [2.45, 2.75) is 6.92 Å². The van der Waals surface area contributed by atoms with Gasteiger partial charge in [-0.3, -0.25) is 0 Å². The molecule has 1 rings (SSSR count). The number of benzene rings is 1. The number of hydrogen-bond donors (Lipinski definition) is 0. The molecule has 0 bridgehead atoms. The maximum absolute atomic E-state index is 11.6. The zero-order valence-electron chi connectivity index (χ0n) is 12.2. The average molecular weight is 411 g/mol. The summed E-state index contributed by atoms with van der Waals surface area (Å²) in [6.45, 7) is 2.00. The Bertz CT molecular complexity index is 668. The van der Waals surface area contributed by atoms with Crippen molar-refractivity contribution >= 4 is 34.6 Å². The van der Waals surface area contributed by atoms with Crippen molar-refractivity contribution in [1.29, 1.82) is 5.26 Å². The third kappa shape index (κ3) is 4.68. The number of nitrogens with zero attached hydrogens (tertiary/aromatic N) is 1. The van der Waals surface area contributed by atoms with E-state index in [0.717, 1.165) is 3.57 Å². The first-order chi connectivity index (χ1) is 10.6. The molecule has 0 N–H and O–H groups in total. The fraction of sp³-hybridized carbons (Fsp3) is 0.250. The minimum absolute atomic E-state index is 0.0861. The number of ether oxygens (including phenoxy) is 3. The van der Waals surface area contributed by atoms with Crippen LogP contribution in [0.4, 0.5) is 0 Å². The van der Waals surface area contributed by atoms with E-state index in [9.17, 15) is 4.79 Å². The summed E-state index contributed by atoms with van der Waals surface area (Å²) in [6, 6.07) is 5.24. The Hall–Kier alpha value is -2.19. The molecule has 0 aliphatic heterocycles. The van der Waals surface area contributed by atoms with Gasteiger partial charge in [0.05, 0.1) is 17.3 Å². The van der Waals surface area contributed by atoms with Gasteiger partial charge in [0.15, 0.2) is 11.5 Å². The van der Waals surface area contributed by atoms with Gasteiger partial charge in [-0.25, -0.2) is 4.79 Å². The Morgan fingerprint density at radius 3 is 2.77 bits per heavy atom. The Morgan fingerprint density at radius 1 is 1.50 bits per heavy atom. The van der Waals surface area contributed by atoms with Crippen LogP contribution in [0.15, 0.2) is 17.7 Å². The van der Waals surface area contributed by atoms with Crippen molar-refractivity contribution in [1.82, 2.24) is 0 Å². The molecule has 0 saturated carbocycles. The topological polar surface area (TPSA) is 68.5 Å². The van der Waals surface area contributed by atoms with Gasteiger partial charge >= 0.3 is 5.97 Å². The van der Waals surface area contributed by atoms with Gasteiger partial charge in [-0.05, 0) is 53.3 Å². The van der Waals surface area contributed by atoms with Crippen molar-refractivity contribution in [3.05, 3.63) is 26.8 Å². The molecule has 0 fully saturated rings. The van der Waals surface area contributed by atoms with Crippen LogP contribution in [0, 0.1) is 27.2 Å². The van der Waals surface area contributed by atoms with Crippen LogP contribution in [0.3, 0.4) is 0 Å². The van der Waals surface area contributed by atoms with E-state index < -0.39 is 5.97 Å². The van der Waals surface area contributed by atoms with E-state index in [1.807, 2.05) is 6.07 Å². The first-order valence-corrected chi connectivity index (χ1v) is 7.37. The van der Waals surface area contributed by atoms with E-state index >= 15 is 0 Å². The number of nitriles is 1. The lowest BCUT2D eigenvalue weighted by molar-refractivity contribution is -0.137. The van der Waals surface area contributed by atoms with Crippen LogP contribution < -0.4 is 9.47 Å². The van der Waals surface area contributed by atoms with Crippen molar-refractivity contribution < 1.29 is 19.0 Å². The molecule has 0 spiro atoms. The van der Waals surface area contributed by atoms with Gasteiger partial charge in [0.2, 0.25) is 0 Å². The molecule has 0 unspecified atom stereocenters. The van der Waals surface area contributed by atoms with Gasteiger partial charge in [0.25, 0.3) is 0 Å². The third-order valence-electron chi connectivity index (χ3n) is 2.48. The van der Waals surface area contributed by atoms with Crippen LogP contribution in [-0.2, 0) is 9.53 Å². The number of carbonyl (C=O) groups is 1. The third-order valence-corrected chi connectivity index (χ3v) is 3.28. The maximum Gasteiger partial charge on any atom is 0.348 e. The molecule has 22 heavy (non-hydrogen) atoms. The van der Waals surface area contributed by atoms with Crippen molar-refractivity contribution in [3.63, 3.8) is 0 Å². The largest absolute Gasteiger partial charge is 0.493 e. The monoisotopic (exact) mass is 411 g/mol. The van der Waals surface area contributed by atoms with E-state index in [1.165, 1.54) is 13.2 Å². The first-order valence-electron chi connectivity index (χ1n) is 6.30. The zero-order chi connectivity index (χ0) is 16.5. The number of esters is 1. The molecule has 0 atom stereocenters. The summed E-state index contributed by atoms with van der Waals surface area (Å²) in [4.78, 5) is 11.6. The second-order valence-electron chi connectivity index (χ2n) is 3.92. The Morgan fingerprint density at radius 2 is 2.23 bits per heavy atom. The smallest absolute Gasteiger partial charge is 0.348 e. The zero-order valence-corrected chi connectivity index (χ0v) is 14.3. The van der Waals surface area contributed by atoms with Gasteiger partial charge in [-0.15, -0.1) is 6.42 Å². The molecule has 1 aromatic carbocycles. The van der Waals surface area contributed by atoms with Crippen molar-refractivity contribution in [2.75, 3.05) is 20.3 Å². The molecule has 0 saturated heterocycles. The van der Waals surface area contributed by atoms with Gasteiger partial charge < -0.3 is 14.2 Å². The summed E-state index contributed by atoms with van der Waals surface area (Å²) in [7, 11) is 1.50. The van der Waals surface area contributed by atoms with E-state index in [2.05, 4.69) is 28.5 Å². The van der Waals surface area contributed by atoms with Crippen molar-refractivity contribution in [2.24, 2.45) is 0 Å². The highest BCUT2D eigenvalue weighted by Gasteiger charge is 2.14. The summed E-state index contributed by atoms with van der Waals surface area (Å²) in [5.41, 5.74) is 0.538. The lowest BCUT2D eigenvalue weighted by Crippen LogP contribution is -2.06. The molecule has 0 amide bonds. The van der Waals surface area contributed by atoms with E-state index in [-0.39, 0.29) is 18.8 Å². The molecule has 0 heterocycles. The number of hydrogen-bond acceptors (Lipinski definition) is 5. The van der Waals surface area contributed by atoms with Crippen LogP contribution in [0.1, 0.15) is 12.5 Å². The molecule has 6 heteroatoms. The molecule has 0 radical (unpaired) electrons. The Labute approximate surface area is 143 Å². The van der Waals surface area contributed by atoms with E-state index in [4.69, 9.17) is 25.9 Å². The lowest BCUT2D eigenvalue weighted by Gasteiger charge is -2.12. The highest BCUT2D eigenvalue weighted by atomic mass is 127. The molecule has 0 aliphatic rings. The highest BCUT2D eigenvalue weighted by molar-refractivity contribution is 14.1. The predicted molar refractivity (Wildman–Crippen MR) is 90.3 cm³/mol. The maximum atomic E-state index is 11.6. The summed E-state index contributed by atoms with van der Waals surface area (Å²) in [5, 5.41) is 9.05. The number of rotatable bonds is 6. The first kappa shape index (κ1) is 17.9. The normalized spacial score (nSPS) is 10.3. The van der Waals surface area contributed by atoms with Crippen LogP contribution in [-0.4, -0.2) is 26.3 Å². The summed E-state index contributed by atoms with van der Waals surface area (Å²) in [6.07, 6.45) is 6.62. The molecule has 0 aliphatic carbocycles. The number of methoxy groups -OCH3 is 1. The summed E-state index contributed by atoms with van der Waals surface area (Å²) in [5.74, 6) is 2.71. The SMILES string of the molecule is C#CCOc1c(I)cc(/C=C(\C#N)C(=O)OCC)cc1OC. The standard InChI is InChI=1S/C16H14INO4/c1-4-6-22-15-13(17)8-11(9-14(15)20-3)7-12(10-18)16(19)21-5-2/h1,7-9H,5-6H2,2-3H3/b12-7+. The Balaban J connectivity index is 3.22. The molecule has 114 valence electrons. The quantitative estimate of drug-likeness (QED) is 0.237. The van der Waals surface area contributed by atoms with Gasteiger partial charge in [-0.1, -0.05) is 5.92 Å². The van der Waals surface area contributed by atoms with Crippen LogP contribution in [0.2, 0.25) is 0 Å². The van der Waals surface area contributed by atoms with Gasteiger partial charge in [0, 0.05) is 0 Å². The van der Waals surface area contributed by atoms with Crippen LogP contribution >= 0.6 is 22.6 Å². The molecule has 0 aromatic heterocycles. The lowest BCUT2D eigenvalue weighted by atomic mass is 10.1. The predicted octanol–water partition coefficient (Wildman–Crippen LogP) is 2.78. The number of terminal acetylenes is 1. The van der Waals surface area contributed by atoms with Gasteiger partial charge in [-0.2, -0.15) is 5.26 Å². The van der Waals surface area contributed by atoms with Crippen molar-refractivity contribution in [3.8, 4) is 29.9 Å². The fourth-order valence-corrected chi connectivity index (χ4v) is 2.37. The summed E-state index contributed by atoms with van der Waals surface area (Å²) < 4.78 is 16.3. The van der Waals surface area contributed by atoms with Crippen LogP contribution in [0.5, 0.6) is 11.5 Å². The summed E-state index contributed by atoms with van der Waals surface area (Å²) >= 11 is 2.07. The molecular formula is C16H14INO4. The fourth-order valence-electron chi connectivity index (χ4n) is 1.59. The average Bonchev–Trinajstić information content (AvgIpc) is 2.51. The molecular weight excluding hydrogens is 397 g/mol. The van der Waals surface area contributed by atoms with E-state index in [1.54, 1.807) is 19.1 Å². The number of carbonyl (C=O) groups excluding carboxylic acids is 1. The highest BCUT2D eigenvalue weighted by Crippen LogP contribution is 2.34. The second-order valence-corrected chi connectivity index (χ2v) is 5.08. The second kappa shape index (κ2) is 8.96. The Kier molecular flexibility index (Phi) is 7.27. The van der Waals surface area contributed by atoms with Gasteiger partial charge in [0.1, 0.15) is 18.2 Å². The van der Waals surface area contributed by atoms with E-state index in [0.29, 0.717) is 17.1 Å². The minimum atomic E-state index is -0.661.